The highest BCUT2D eigenvalue weighted by Gasteiger charge is 2.21. The number of nitrogens with one attached hydrogen (secondary N) is 1. The first kappa shape index (κ1) is 21.1. The molecule has 0 aliphatic carbocycles. The Hall–Kier alpha value is -1.60. The largest absolute Gasteiger partial charge is 0.382 e. The number of hydrogen-bond donors (Lipinski definition) is 1. The fourth-order valence-electron chi connectivity index (χ4n) is 3.45. The number of hydrogen-bond acceptors (Lipinski definition) is 5. The summed E-state index contributed by atoms with van der Waals surface area (Å²) in [5, 5.41) is 8.17. The van der Waals surface area contributed by atoms with Gasteiger partial charge in [0.05, 0.1) is 29.8 Å². The molecular weight excluding hydrogens is 399 g/mol. The number of halogens is 2. The van der Waals surface area contributed by atoms with Gasteiger partial charge in [0.15, 0.2) is 0 Å². The van der Waals surface area contributed by atoms with Crippen LogP contribution < -0.4 is 10.9 Å². The summed E-state index contributed by atoms with van der Waals surface area (Å²) in [5.74, 6) is 0. The maximum Gasteiger partial charge on any atom is 0.292 e. The molecular formula is C20H26Cl2N4O2. The number of aromatic nitrogens is 2. The zero-order valence-corrected chi connectivity index (χ0v) is 17.9. The van der Waals surface area contributed by atoms with Crippen LogP contribution in [0.4, 0.5) is 5.69 Å². The second-order valence-corrected chi connectivity index (χ2v) is 8.11. The van der Waals surface area contributed by atoms with Gasteiger partial charge in [0.1, 0.15) is 5.02 Å². The van der Waals surface area contributed by atoms with Crippen molar-refractivity contribution < 1.29 is 4.74 Å². The summed E-state index contributed by atoms with van der Waals surface area (Å²) >= 11 is 12.4. The Morgan fingerprint density at radius 2 is 1.96 bits per heavy atom. The number of aryl methyl sites for hydroxylation is 1. The fourth-order valence-corrected chi connectivity index (χ4v) is 3.82. The molecule has 1 aliphatic rings. The summed E-state index contributed by atoms with van der Waals surface area (Å²) in [6.45, 7) is 9.67. The molecule has 6 nitrogen and oxygen atoms in total. The van der Waals surface area contributed by atoms with E-state index in [-0.39, 0.29) is 22.8 Å². The first-order valence-electron chi connectivity index (χ1n) is 9.51. The van der Waals surface area contributed by atoms with Crippen LogP contribution in [0.2, 0.25) is 10.0 Å². The van der Waals surface area contributed by atoms with E-state index < -0.39 is 0 Å². The topological polar surface area (TPSA) is 59.4 Å². The predicted molar refractivity (Wildman–Crippen MR) is 114 cm³/mol. The van der Waals surface area contributed by atoms with Gasteiger partial charge in [-0.05, 0) is 44.9 Å². The van der Waals surface area contributed by atoms with Crippen LogP contribution in [-0.2, 0) is 4.74 Å². The van der Waals surface area contributed by atoms with Crippen LogP contribution in [-0.4, -0.2) is 53.1 Å². The maximum atomic E-state index is 12.6. The van der Waals surface area contributed by atoms with Crippen LogP contribution >= 0.6 is 23.2 Å². The lowest BCUT2D eigenvalue weighted by atomic mass is 10.2. The van der Waals surface area contributed by atoms with E-state index in [1.165, 1.54) is 4.68 Å². The summed E-state index contributed by atoms with van der Waals surface area (Å²) < 4.78 is 7.01. The molecule has 2 atom stereocenters. The molecule has 2 unspecified atom stereocenters. The minimum Gasteiger partial charge on any atom is -0.382 e. The van der Waals surface area contributed by atoms with Crippen LogP contribution in [0.5, 0.6) is 0 Å². The second-order valence-electron chi connectivity index (χ2n) is 7.32. The molecule has 2 aromatic rings. The van der Waals surface area contributed by atoms with Gasteiger partial charge in [-0.3, -0.25) is 9.69 Å². The standard InChI is InChI=1S/C20H26Cl2N4O2/c1-13-5-6-16(9-17(13)21)26-20(27)19(22)18(10-24-26)23-7-4-8-25-11-14(2)28-15(3)12-25/h5-6,9-10,14-15,23H,4,7-8,11-12H2,1-3H3. The molecule has 0 spiro atoms. The third kappa shape index (κ3) is 5.06. The van der Waals surface area contributed by atoms with E-state index in [2.05, 4.69) is 29.2 Å². The Labute approximate surface area is 175 Å². The molecule has 0 saturated carbocycles. The molecule has 28 heavy (non-hydrogen) atoms. The molecule has 1 aromatic carbocycles. The number of anilines is 1. The molecule has 2 heterocycles. The first-order chi connectivity index (χ1) is 13.3. The van der Waals surface area contributed by atoms with Crippen molar-refractivity contribution >= 4 is 28.9 Å². The van der Waals surface area contributed by atoms with Crippen LogP contribution in [0.1, 0.15) is 25.8 Å². The van der Waals surface area contributed by atoms with Crippen molar-refractivity contribution in [2.75, 3.05) is 31.5 Å². The van der Waals surface area contributed by atoms with E-state index in [9.17, 15) is 4.79 Å². The van der Waals surface area contributed by atoms with E-state index in [0.29, 0.717) is 22.9 Å². The molecule has 1 aliphatic heterocycles. The second kappa shape index (κ2) is 9.27. The monoisotopic (exact) mass is 424 g/mol. The van der Waals surface area contributed by atoms with Crippen molar-refractivity contribution in [1.82, 2.24) is 14.7 Å². The molecule has 1 fully saturated rings. The van der Waals surface area contributed by atoms with Crippen molar-refractivity contribution in [3.63, 3.8) is 0 Å². The molecule has 0 bridgehead atoms. The van der Waals surface area contributed by atoms with E-state index in [4.69, 9.17) is 27.9 Å². The zero-order chi connectivity index (χ0) is 20.3. The molecule has 1 aromatic heterocycles. The van der Waals surface area contributed by atoms with Gasteiger partial charge in [-0.15, -0.1) is 0 Å². The number of ether oxygens (including phenoxy) is 1. The number of rotatable bonds is 6. The minimum atomic E-state index is -0.373. The van der Waals surface area contributed by atoms with E-state index in [1.807, 2.05) is 13.0 Å². The highest BCUT2D eigenvalue weighted by Crippen LogP contribution is 2.20. The summed E-state index contributed by atoms with van der Waals surface area (Å²) in [6.07, 6.45) is 3.04. The lowest BCUT2D eigenvalue weighted by molar-refractivity contribution is -0.0678. The number of nitrogens with zero attached hydrogens (tertiary/aromatic N) is 3. The first-order valence-corrected chi connectivity index (χ1v) is 10.3. The Morgan fingerprint density at radius 3 is 2.64 bits per heavy atom. The number of morpholine rings is 1. The van der Waals surface area contributed by atoms with E-state index >= 15 is 0 Å². The van der Waals surface area contributed by atoms with Crippen molar-refractivity contribution in [3.05, 3.63) is 50.4 Å². The van der Waals surface area contributed by atoms with Crippen molar-refractivity contribution in [3.8, 4) is 5.69 Å². The van der Waals surface area contributed by atoms with Gasteiger partial charge in [-0.2, -0.15) is 9.78 Å². The Bertz CT molecular complexity index is 877. The lowest BCUT2D eigenvalue weighted by Crippen LogP contribution is -2.45. The molecule has 1 N–H and O–H groups in total. The Kier molecular flexibility index (Phi) is 6.99. The SMILES string of the molecule is Cc1ccc(-n2ncc(NCCCN3CC(C)OC(C)C3)c(Cl)c2=O)cc1Cl. The van der Waals surface area contributed by atoms with Crippen molar-refractivity contribution in [2.24, 2.45) is 0 Å². The third-order valence-electron chi connectivity index (χ3n) is 4.78. The number of benzene rings is 1. The summed E-state index contributed by atoms with van der Waals surface area (Å²) in [4.78, 5) is 15.0. The highest BCUT2D eigenvalue weighted by atomic mass is 35.5. The normalized spacial score (nSPS) is 20.3. The Balaban J connectivity index is 1.60. The third-order valence-corrected chi connectivity index (χ3v) is 5.55. The van der Waals surface area contributed by atoms with Gasteiger partial charge < -0.3 is 10.1 Å². The molecule has 1 saturated heterocycles. The van der Waals surface area contributed by atoms with Gasteiger partial charge >= 0.3 is 0 Å². The quantitative estimate of drug-likeness (QED) is 0.715. The van der Waals surface area contributed by atoms with Crippen LogP contribution in [0, 0.1) is 6.92 Å². The van der Waals surface area contributed by atoms with Crippen molar-refractivity contribution in [1.29, 1.82) is 0 Å². The van der Waals surface area contributed by atoms with Crippen LogP contribution in [0.25, 0.3) is 5.69 Å². The minimum absolute atomic E-state index is 0.125. The maximum absolute atomic E-state index is 12.6. The Morgan fingerprint density at radius 1 is 1.25 bits per heavy atom. The van der Waals surface area contributed by atoms with E-state index in [0.717, 1.165) is 31.6 Å². The fraction of sp³-hybridized carbons (Fsp3) is 0.500. The van der Waals surface area contributed by atoms with Crippen LogP contribution in [0.15, 0.2) is 29.2 Å². The molecule has 152 valence electrons. The van der Waals surface area contributed by atoms with Gasteiger partial charge in [0, 0.05) is 31.2 Å². The van der Waals surface area contributed by atoms with E-state index in [1.54, 1.807) is 18.3 Å². The summed E-state index contributed by atoms with van der Waals surface area (Å²) in [6, 6.07) is 5.35. The smallest absolute Gasteiger partial charge is 0.292 e. The zero-order valence-electron chi connectivity index (χ0n) is 16.4. The van der Waals surface area contributed by atoms with Gasteiger partial charge in [-0.25, -0.2) is 0 Å². The molecule has 0 radical (unpaired) electrons. The summed E-state index contributed by atoms with van der Waals surface area (Å²) in [7, 11) is 0. The average molecular weight is 425 g/mol. The summed E-state index contributed by atoms with van der Waals surface area (Å²) in [5.41, 5.74) is 1.70. The van der Waals surface area contributed by atoms with Gasteiger partial charge in [0.2, 0.25) is 0 Å². The van der Waals surface area contributed by atoms with Gasteiger partial charge in [0.25, 0.3) is 5.56 Å². The highest BCUT2D eigenvalue weighted by molar-refractivity contribution is 6.33. The molecule has 8 heteroatoms. The molecule has 0 amide bonds. The van der Waals surface area contributed by atoms with Gasteiger partial charge in [-0.1, -0.05) is 29.3 Å². The lowest BCUT2D eigenvalue weighted by Gasteiger charge is -2.35. The molecule has 3 rings (SSSR count). The predicted octanol–water partition coefficient (Wildman–Crippen LogP) is 3.76. The van der Waals surface area contributed by atoms with Crippen molar-refractivity contribution in [2.45, 2.75) is 39.4 Å². The van der Waals surface area contributed by atoms with Crippen LogP contribution in [0.3, 0.4) is 0 Å². The average Bonchev–Trinajstić information content (AvgIpc) is 2.64.